The second-order valence-electron chi connectivity index (χ2n) is 2.76. The molecule has 0 aliphatic carbocycles. The third-order valence-corrected chi connectivity index (χ3v) is 10.6. The molecule has 0 bridgehead atoms. The third-order valence-electron chi connectivity index (χ3n) is 1.88. The topological polar surface area (TPSA) is 27.7 Å². The predicted molar refractivity (Wildman–Crippen MR) is 50.8 cm³/mol. The lowest BCUT2D eigenvalue weighted by molar-refractivity contribution is -0.130. The van der Waals surface area contributed by atoms with Crippen LogP contribution in [0.15, 0.2) is 0 Å². The molecule has 0 unspecified atom stereocenters. The minimum absolute atomic E-state index is 0.102. The summed E-state index contributed by atoms with van der Waals surface area (Å²) < 4.78 is 50.7. The van der Waals surface area contributed by atoms with Crippen LogP contribution in [0.4, 0.5) is 13.2 Å². The third kappa shape index (κ3) is 5.10. The minimum atomic E-state index is -4.09. The monoisotopic (exact) mass is 248 g/mol. The van der Waals surface area contributed by atoms with Gasteiger partial charge in [0.1, 0.15) is 9.04 Å². The predicted octanol–water partition coefficient (Wildman–Crippen LogP) is 0.901. The van der Waals surface area contributed by atoms with Gasteiger partial charge in [0.05, 0.1) is 0 Å². The molecule has 0 aliphatic rings. The lowest BCUT2D eigenvalue weighted by atomic mass is 10.5. The zero-order valence-corrected chi connectivity index (χ0v) is 10.9. The van der Waals surface area contributed by atoms with Crippen molar-refractivity contribution in [2.24, 2.45) is 0 Å². The maximum absolute atomic E-state index is 11.9. The van der Waals surface area contributed by atoms with Gasteiger partial charge in [0.2, 0.25) is 0 Å². The summed E-state index contributed by atoms with van der Waals surface area (Å²) in [5.74, 6) is 0. The van der Waals surface area contributed by atoms with Gasteiger partial charge in [-0.15, -0.1) is 0 Å². The molecule has 0 aromatic rings. The van der Waals surface area contributed by atoms with Gasteiger partial charge in [0.25, 0.3) is 0 Å². The highest BCUT2D eigenvalue weighted by molar-refractivity contribution is 7.14. The van der Waals surface area contributed by atoms with Crippen molar-refractivity contribution in [3.8, 4) is 0 Å². The molecule has 0 fully saturated rings. The Labute approximate surface area is 84.5 Å². The van der Waals surface area contributed by atoms with Crippen LogP contribution in [0.1, 0.15) is 6.42 Å². The summed E-state index contributed by atoms with van der Waals surface area (Å²) in [4.78, 5) is 0. The zero-order valence-electron chi connectivity index (χ0n) is 8.48. The van der Waals surface area contributed by atoms with Crippen LogP contribution in [0.3, 0.4) is 0 Å². The van der Waals surface area contributed by atoms with E-state index >= 15 is 0 Å². The van der Waals surface area contributed by atoms with Gasteiger partial charge in [0.15, 0.2) is 0 Å². The summed E-state index contributed by atoms with van der Waals surface area (Å²) in [6.45, 7) is 0. The first-order valence-electron chi connectivity index (χ1n) is 4.11. The maximum atomic E-state index is 11.9. The summed E-state index contributed by atoms with van der Waals surface area (Å²) in [5, 5.41) is 0. The molecular formula is C6H15F3O3Si2. The SMILES string of the molecule is CO[Si](OC)(OC)[SiH2]CCC(F)(F)F. The number of hydrogen-bond donors (Lipinski definition) is 0. The first kappa shape index (κ1) is 14.1. The zero-order chi connectivity index (χ0) is 11.2. The fourth-order valence-corrected chi connectivity index (χ4v) is 6.85. The Balaban J connectivity index is 3.95. The van der Waals surface area contributed by atoms with Gasteiger partial charge in [-0.05, 0) is 6.04 Å². The normalized spacial score (nSPS) is 14.1. The van der Waals surface area contributed by atoms with E-state index in [2.05, 4.69) is 0 Å². The van der Waals surface area contributed by atoms with Crippen molar-refractivity contribution in [2.75, 3.05) is 21.3 Å². The summed E-state index contributed by atoms with van der Waals surface area (Å²) in [6, 6.07) is 0.102. The van der Waals surface area contributed by atoms with Gasteiger partial charge in [0, 0.05) is 27.8 Å². The minimum Gasteiger partial charge on any atom is -0.380 e. The van der Waals surface area contributed by atoms with E-state index in [4.69, 9.17) is 13.3 Å². The molecule has 0 saturated carbocycles. The van der Waals surface area contributed by atoms with Crippen LogP contribution < -0.4 is 0 Å². The quantitative estimate of drug-likeness (QED) is 0.654. The summed E-state index contributed by atoms with van der Waals surface area (Å²) in [7, 11) is 0.462. The molecule has 0 saturated heterocycles. The van der Waals surface area contributed by atoms with Crippen LogP contribution in [-0.2, 0) is 13.3 Å². The van der Waals surface area contributed by atoms with Gasteiger partial charge in [-0.3, -0.25) is 0 Å². The van der Waals surface area contributed by atoms with Crippen molar-refractivity contribution in [3.05, 3.63) is 0 Å². The second-order valence-corrected chi connectivity index (χ2v) is 10.7. The van der Waals surface area contributed by atoms with Crippen LogP contribution in [-0.4, -0.2) is 44.9 Å². The van der Waals surface area contributed by atoms with E-state index in [9.17, 15) is 13.2 Å². The Hall–Kier alpha value is 0.104. The summed E-state index contributed by atoms with van der Waals surface area (Å²) in [5.41, 5.74) is 0. The Bertz CT molecular complexity index is 153. The number of rotatable bonds is 6. The molecule has 8 heteroatoms. The molecule has 0 aliphatic heterocycles. The summed E-state index contributed by atoms with van der Waals surface area (Å²) >= 11 is 0. The highest BCUT2D eigenvalue weighted by Crippen LogP contribution is 2.22. The van der Waals surface area contributed by atoms with E-state index < -0.39 is 30.0 Å². The number of halogens is 3. The highest BCUT2D eigenvalue weighted by atomic mass is 29.2. The Morgan fingerprint density at radius 1 is 1.07 bits per heavy atom. The average molecular weight is 248 g/mol. The average Bonchev–Trinajstić information content (AvgIpc) is 2.11. The fourth-order valence-electron chi connectivity index (χ4n) is 1.06. The Morgan fingerprint density at radius 3 is 1.79 bits per heavy atom. The van der Waals surface area contributed by atoms with Crippen molar-refractivity contribution in [1.82, 2.24) is 0 Å². The molecular weight excluding hydrogens is 233 g/mol. The molecule has 0 N–H and O–H groups in total. The van der Waals surface area contributed by atoms with Crippen molar-refractivity contribution in [1.29, 1.82) is 0 Å². The van der Waals surface area contributed by atoms with E-state index in [0.29, 0.717) is 0 Å². The Kier molecular flexibility index (Phi) is 5.90. The van der Waals surface area contributed by atoms with Gasteiger partial charge in [-0.25, -0.2) is 0 Å². The largest absolute Gasteiger partial charge is 0.461 e. The molecule has 14 heavy (non-hydrogen) atoms. The van der Waals surface area contributed by atoms with Crippen molar-refractivity contribution >= 4 is 17.4 Å². The van der Waals surface area contributed by atoms with Crippen LogP contribution in [0.2, 0.25) is 6.04 Å². The molecule has 0 heterocycles. The van der Waals surface area contributed by atoms with Gasteiger partial charge in [-0.2, -0.15) is 13.2 Å². The van der Waals surface area contributed by atoms with Crippen molar-refractivity contribution < 1.29 is 26.4 Å². The highest BCUT2D eigenvalue weighted by Gasteiger charge is 2.38. The van der Waals surface area contributed by atoms with Gasteiger partial charge < -0.3 is 13.3 Å². The molecule has 0 amide bonds. The summed E-state index contributed by atoms with van der Waals surface area (Å²) in [6.07, 6.45) is -4.87. The van der Waals surface area contributed by atoms with E-state index in [0.717, 1.165) is 0 Å². The maximum Gasteiger partial charge on any atom is 0.461 e. The standard InChI is InChI=1S/C6H15F3O3Si2/c1-10-14(11-2,12-3)13-5-4-6(7,8)9/h4-5,13H2,1-3H3. The van der Waals surface area contributed by atoms with E-state index in [1.807, 2.05) is 0 Å². The van der Waals surface area contributed by atoms with Crippen LogP contribution >= 0.6 is 0 Å². The number of alkyl halides is 3. The van der Waals surface area contributed by atoms with Crippen LogP contribution in [0, 0.1) is 0 Å². The lowest BCUT2D eigenvalue weighted by Gasteiger charge is -2.24. The Morgan fingerprint density at radius 2 is 1.50 bits per heavy atom. The van der Waals surface area contributed by atoms with E-state index in [1.165, 1.54) is 21.3 Å². The molecule has 0 radical (unpaired) electrons. The van der Waals surface area contributed by atoms with Gasteiger partial charge in [-0.1, -0.05) is 0 Å². The van der Waals surface area contributed by atoms with E-state index in [1.54, 1.807) is 0 Å². The van der Waals surface area contributed by atoms with E-state index in [-0.39, 0.29) is 6.04 Å². The molecule has 86 valence electrons. The first-order valence-corrected chi connectivity index (χ1v) is 9.16. The van der Waals surface area contributed by atoms with Crippen LogP contribution in [0.25, 0.3) is 0 Å². The van der Waals surface area contributed by atoms with Crippen molar-refractivity contribution in [3.63, 3.8) is 0 Å². The fraction of sp³-hybridized carbons (Fsp3) is 1.00. The second kappa shape index (κ2) is 5.86. The molecule has 0 atom stereocenters. The van der Waals surface area contributed by atoms with Crippen molar-refractivity contribution in [2.45, 2.75) is 18.6 Å². The molecule has 0 aromatic heterocycles. The molecule has 0 rings (SSSR count). The molecule has 0 spiro atoms. The number of hydrogen-bond acceptors (Lipinski definition) is 3. The lowest BCUT2D eigenvalue weighted by Crippen LogP contribution is -2.49. The smallest absolute Gasteiger partial charge is 0.380 e. The van der Waals surface area contributed by atoms with Crippen LogP contribution in [0.5, 0.6) is 0 Å². The first-order chi connectivity index (χ1) is 6.39. The molecule has 3 nitrogen and oxygen atoms in total. The molecule has 0 aromatic carbocycles. The van der Waals surface area contributed by atoms with Gasteiger partial charge >= 0.3 is 14.5 Å².